The highest BCUT2D eigenvalue weighted by molar-refractivity contribution is 7.21. The molecule has 0 fully saturated rings. The van der Waals surface area contributed by atoms with Crippen molar-refractivity contribution in [2.24, 2.45) is 0 Å². The highest BCUT2D eigenvalue weighted by atomic mass is 32.1. The topological polar surface area (TPSA) is 61.8 Å². The van der Waals surface area contributed by atoms with E-state index < -0.39 is 17.8 Å². The first-order chi connectivity index (χ1) is 13.1. The minimum atomic E-state index is -0.627. The second kappa shape index (κ2) is 8.18. The minimum absolute atomic E-state index is 0.190. The Morgan fingerprint density at radius 2 is 1.81 bits per heavy atom. The molecule has 0 N–H and O–H groups in total. The number of methoxy groups -OCH3 is 1. The summed E-state index contributed by atoms with van der Waals surface area (Å²) in [6.07, 6.45) is 0. The standard InChI is InChI=1S/C20H17FO5S/c1-3-25-20(23)18-13(17-14(21)8-6-10-16(17)27-18)11-26-19(22)12-7-4-5-9-15(12)24-2/h4-10H,3,11H2,1-2H3. The average Bonchev–Trinajstić information content (AvgIpc) is 3.06. The molecule has 27 heavy (non-hydrogen) atoms. The smallest absolute Gasteiger partial charge is 0.348 e. The van der Waals surface area contributed by atoms with Crippen LogP contribution in [0.15, 0.2) is 42.5 Å². The van der Waals surface area contributed by atoms with Crippen LogP contribution in [-0.2, 0) is 16.1 Å². The Morgan fingerprint density at radius 3 is 2.56 bits per heavy atom. The van der Waals surface area contributed by atoms with Crippen LogP contribution in [0.4, 0.5) is 4.39 Å². The maximum Gasteiger partial charge on any atom is 0.348 e. The first kappa shape index (κ1) is 18.8. The van der Waals surface area contributed by atoms with Crippen molar-refractivity contribution in [2.45, 2.75) is 13.5 Å². The van der Waals surface area contributed by atoms with Crippen molar-refractivity contribution in [1.82, 2.24) is 0 Å². The molecule has 1 heterocycles. The number of hydrogen-bond acceptors (Lipinski definition) is 6. The van der Waals surface area contributed by atoms with Gasteiger partial charge in [-0.15, -0.1) is 11.3 Å². The van der Waals surface area contributed by atoms with Gasteiger partial charge in [-0.05, 0) is 31.2 Å². The second-order valence-electron chi connectivity index (χ2n) is 5.52. The molecule has 0 radical (unpaired) electrons. The maximum atomic E-state index is 14.4. The summed E-state index contributed by atoms with van der Waals surface area (Å²) in [5.41, 5.74) is 0.549. The maximum absolute atomic E-state index is 14.4. The number of para-hydroxylation sites is 1. The molecule has 0 aliphatic rings. The molecule has 3 aromatic rings. The van der Waals surface area contributed by atoms with Crippen LogP contribution in [0, 0.1) is 5.82 Å². The lowest BCUT2D eigenvalue weighted by molar-refractivity contribution is 0.0451. The van der Waals surface area contributed by atoms with Gasteiger partial charge in [-0.2, -0.15) is 0 Å². The minimum Gasteiger partial charge on any atom is -0.496 e. The third kappa shape index (κ3) is 3.78. The van der Waals surface area contributed by atoms with Crippen LogP contribution < -0.4 is 4.74 Å². The second-order valence-corrected chi connectivity index (χ2v) is 6.57. The fourth-order valence-corrected chi connectivity index (χ4v) is 3.81. The molecule has 1 aromatic heterocycles. The molecule has 0 unspecified atom stereocenters. The number of thiophene rings is 1. The van der Waals surface area contributed by atoms with Crippen LogP contribution in [-0.4, -0.2) is 25.7 Å². The van der Waals surface area contributed by atoms with Gasteiger partial charge in [0.15, 0.2) is 0 Å². The molecule has 3 rings (SSSR count). The van der Waals surface area contributed by atoms with Crippen LogP contribution in [0.25, 0.3) is 10.1 Å². The number of carbonyl (C=O) groups is 2. The first-order valence-electron chi connectivity index (χ1n) is 8.24. The van der Waals surface area contributed by atoms with Gasteiger partial charge in [0.1, 0.15) is 28.6 Å². The molecular weight excluding hydrogens is 371 g/mol. The van der Waals surface area contributed by atoms with Crippen LogP contribution >= 0.6 is 11.3 Å². The molecule has 5 nitrogen and oxygen atoms in total. The molecule has 0 atom stereocenters. The number of halogens is 1. The van der Waals surface area contributed by atoms with Crippen LogP contribution in [0.2, 0.25) is 0 Å². The molecule has 0 saturated heterocycles. The van der Waals surface area contributed by atoms with E-state index in [1.54, 1.807) is 43.3 Å². The summed E-state index contributed by atoms with van der Waals surface area (Å²) in [4.78, 5) is 24.9. The van der Waals surface area contributed by atoms with Crippen molar-refractivity contribution in [1.29, 1.82) is 0 Å². The number of ether oxygens (including phenoxy) is 3. The number of carbonyl (C=O) groups excluding carboxylic acids is 2. The fraction of sp³-hybridized carbons (Fsp3) is 0.200. The van der Waals surface area contributed by atoms with Gasteiger partial charge in [0.05, 0.1) is 13.7 Å². The summed E-state index contributed by atoms with van der Waals surface area (Å²) in [5.74, 6) is -1.31. The summed E-state index contributed by atoms with van der Waals surface area (Å²) < 4.78 is 30.5. The van der Waals surface area contributed by atoms with E-state index in [4.69, 9.17) is 14.2 Å². The van der Waals surface area contributed by atoms with Crippen molar-refractivity contribution in [3.63, 3.8) is 0 Å². The fourth-order valence-electron chi connectivity index (χ4n) is 2.70. The van der Waals surface area contributed by atoms with E-state index in [2.05, 4.69) is 0 Å². The zero-order valence-corrected chi connectivity index (χ0v) is 15.6. The molecule has 0 aliphatic heterocycles. The Kier molecular flexibility index (Phi) is 5.71. The monoisotopic (exact) mass is 388 g/mol. The van der Waals surface area contributed by atoms with Gasteiger partial charge in [-0.3, -0.25) is 0 Å². The largest absolute Gasteiger partial charge is 0.496 e. The Bertz CT molecular complexity index is 995. The average molecular weight is 388 g/mol. The summed E-state index contributed by atoms with van der Waals surface area (Å²) in [7, 11) is 1.45. The van der Waals surface area contributed by atoms with Crippen molar-refractivity contribution in [2.75, 3.05) is 13.7 Å². The van der Waals surface area contributed by atoms with E-state index in [9.17, 15) is 14.0 Å². The first-order valence-corrected chi connectivity index (χ1v) is 9.05. The number of fused-ring (bicyclic) bond motifs is 1. The van der Waals surface area contributed by atoms with Crippen molar-refractivity contribution < 1.29 is 28.2 Å². The molecule has 0 amide bonds. The van der Waals surface area contributed by atoms with Crippen LogP contribution in [0.5, 0.6) is 5.75 Å². The van der Waals surface area contributed by atoms with E-state index >= 15 is 0 Å². The summed E-state index contributed by atoms with van der Waals surface area (Å²) in [5, 5.41) is 0.262. The van der Waals surface area contributed by atoms with Crippen LogP contribution in [0.3, 0.4) is 0 Å². The highest BCUT2D eigenvalue weighted by Gasteiger charge is 2.23. The van der Waals surface area contributed by atoms with Gasteiger partial charge in [0.2, 0.25) is 0 Å². The van der Waals surface area contributed by atoms with Gasteiger partial charge in [-0.25, -0.2) is 14.0 Å². The molecule has 7 heteroatoms. The molecule has 0 saturated carbocycles. The van der Waals surface area contributed by atoms with Gasteiger partial charge in [0.25, 0.3) is 0 Å². The molecule has 0 bridgehead atoms. The highest BCUT2D eigenvalue weighted by Crippen LogP contribution is 2.34. The van der Waals surface area contributed by atoms with Gasteiger partial charge in [0, 0.05) is 15.6 Å². The lowest BCUT2D eigenvalue weighted by atomic mass is 10.1. The summed E-state index contributed by atoms with van der Waals surface area (Å²) >= 11 is 1.11. The van der Waals surface area contributed by atoms with E-state index in [1.165, 1.54) is 13.2 Å². The molecule has 0 aliphatic carbocycles. The Hall–Kier alpha value is -2.93. The Labute approximate surface area is 159 Å². The third-order valence-corrected chi connectivity index (χ3v) is 5.08. The lowest BCUT2D eigenvalue weighted by Crippen LogP contribution is -2.10. The summed E-state index contributed by atoms with van der Waals surface area (Å²) in [6.45, 7) is 1.62. The number of benzene rings is 2. The van der Waals surface area contributed by atoms with Gasteiger partial charge in [-0.1, -0.05) is 18.2 Å². The quantitative estimate of drug-likeness (QED) is 0.578. The van der Waals surface area contributed by atoms with E-state index in [-0.39, 0.29) is 29.0 Å². The SMILES string of the molecule is CCOC(=O)c1sc2cccc(F)c2c1COC(=O)c1ccccc1OC. The molecule has 0 spiro atoms. The van der Waals surface area contributed by atoms with E-state index in [0.717, 1.165) is 11.3 Å². The van der Waals surface area contributed by atoms with E-state index in [1.807, 2.05) is 0 Å². The van der Waals surface area contributed by atoms with Gasteiger partial charge < -0.3 is 14.2 Å². The molecular formula is C20H17FO5S. The molecule has 2 aromatic carbocycles. The number of hydrogen-bond donors (Lipinski definition) is 0. The molecule has 140 valence electrons. The van der Waals surface area contributed by atoms with Gasteiger partial charge >= 0.3 is 11.9 Å². The van der Waals surface area contributed by atoms with Crippen molar-refractivity contribution >= 4 is 33.4 Å². The van der Waals surface area contributed by atoms with Crippen molar-refractivity contribution in [3.8, 4) is 5.75 Å². The summed E-state index contributed by atoms with van der Waals surface area (Å²) in [6, 6.07) is 11.2. The Balaban J connectivity index is 1.95. The van der Waals surface area contributed by atoms with Crippen LogP contribution in [0.1, 0.15) is 32.5 Å². The lowest BCUT2D eigenvalue weighted by Gasteiger charge is -2.09. The normalized spacial score (nSPS) is 10.6. The zero-order valence-electron chi connectivity index (χ0n) is 14.8. The number of rotatable bonds is 6. The van der Waals surface area contributed by atoms with E-state index in [0.29, 0.717) is 16.0 Å². The number of esters is 2. The third-order valence-electron chi connectivity index (χ3n) is 3.90. The van der Waals surface area contributed by atoms with Crippen molar-refractivity contribution in [3.05, 3.63) is 64.3 Å². The predicted molar refractivity (Wildman–Crippen MR) is 99.9 cm³/mol. The predicted octanol–water partition coefficient (Wildman–Crippen LogP) is 4.58. The Morgan fingerprint density at radius 1 is 1.04 bits per heavy atom. The zero-order chi connectivity index (χ0) is 19.4.